The number of hydrogen-bond donors (Lipinski definition) is 0. The van der Waals surface area contributed by atoms with Crippen LogP contribution in [0.15, 0.2) is 12.1 Å². The Bertz CT molecular complexity index is 370. The minimum absolute atomic E-state index is 0.0469. The van der Waals surface area contributed by atoms with Gasteiger partial charge in [0.1, 0.15) is 5.56 Å². The van der Waals surface area contributed by atoms with Crippen LogP contribution in [0, 0.1) is 20.8 Å². The van der Waals surface area contributed by atoms with Crippen LogP contribution in [0.5, 0.6) is 0 Å². The van der Waals surface area contributed by atoms with Crippen molar-refractivity contribution >= 4 is 23.2 Å². The van der Waals surface area contributed by atoms with E-state index in [2.05, 4.69) is 32.9 Å². The van der Waals surface area contributed by atoms with E-state index >= 15 is 0 Å². The largest absolute Gasteiger partial charge is 0.353 e. The van der Waals surface area contributed by atoms with E-state index < -0.39 is 0 Å². The molecule has 0 bridgehead atoms. The van der Waals surface area contributed by atoms with E-state index in [1.165, 1.54) is 22.3 Å². The number of alkyl halides is 2. The Morgan fingerprint density at radius 2 is 1.69 bits per heavy atom. The Kier molecular flexibility index (Phi) is 3.48. The summed E-state index contributed by atoms with van der Waals surface area (Å²) >= 11 is 12.1. The van der Waals surface area contributed by atoms with Crippen molar-refractivity contribution in [2.24, 2.45) is 0 Å². The second-order valence-electron chi connectivity index (χ2n) is 4.54. The fourth-order valence-corrected chi connectivity index (χ4v) is 2.94. The van der Waals surface area contributed by atoms with Crippen molar-refractivity contribution in [2.75, 3.05) is 0 Å². The van der Waals surface area contributed by atoms with Gasteiger partial charge >= 0.3 is 0 Å². The number of ether oxygens (including phenoxy) is 1. The molecule has 0 aliphatic carbocycles. The molecule has 1 aliphatic heterocycles. The van der Waals surface area contributed by atoms with E-state index in [1.807, 2.05) is 0 Å². The van der Waals surface area contributed by atoms with Crippen molar-refractivity contribution in [3.63, 3.8) is 0 Å². The van der Waals surface area contributed by atoms with E-state index in [1.54, 1.807) is 0 Å². The minimum Gasteiger partial charge on any atom is -0.353 e. The highest BCUT2D eigenvalue weighted by Crippen LogP contribution is 2.40. The molecule has 0 spiro atoms. The summed E-state index contributed by atoms with van der Waals surface area (Å²) in [4.78, 5) is 0. The molecule has 2 rings (SSSR count). The average Bonchev–Trinajstić information content (AvgIpc) is 2.44. The molecule has 88 valence electrons. The first-order chi connectivity index (χ1) is 7.49. The molecule has 0 saturated carbocycles. The van der Waals surface area contributed by atoms with Crippen molar-refractivity contribution in [3.05, 3.63) is 34.4 Å². The van der Waals surface area contributed by atoms with Gasteiger partial charge in [0.05, 0.1) is 11.5 Å². The zero-order valence-corrected chi connectivity index (χ0v) is 11.3. The van der Waals surface area contributed by atoms with E-state index in [-0.39, 0.29) is 17.0 Å². The lowest BCUT2D eigenvalue weighted by molar-refractivity contribution is 0.0883. The van der Waals surface area contributed by atoms with Crippen LogP contribution in [0.4, 0.5) is 0 Å². The molecular formula is C13H16Cl2O. The van der Waals surface area contributed by atoms with E-state index in [0.717, 1.165) is 6.42 Å². The van der Waals surface area contributed by atoms with Gasteiger partial charge in [-0.2, -0.15) is 0 Å². The molecule has 0 radical (unpaired) electrons. The summed E-state index contributed by atoms with van der Waals surface area (Å²) in [5.74, 6) is 0. The van der Waals surface area contributed by atoms with Gasteiger partial charge in [0, 0.05) is 0 Å². The third-order valence-electron chi connectivity index (χ3n) is 3.08. The first-order valence-corrected chi connectivity index (χ1v) is 6.37. The van der Waals surface area contributed by atoms with Gasteiger partial charge in [-0.05, 0) is 43.9 Å². The van der Waals surface area contributed by atoms with Gasteiger partial charge < -0.3 is 4.74 Å². The lowest BCUT2D eigenvalue weighted by atomic mass is 9.94. The van der Waals surface area contributed by atoms with Gasteiger partial charge in [0.25, 0.3) is 0 Å². The van der Waals surface area contributed by atoms with Crippen molar-refractivity contribution in [1.82, 2.24) is 0 Å². The quantitative estimate of drug-likeness (QED) is 0.685. The zero-order chi connectivity index (χ0) is 11.9. The standard InChI is InChI=1S/C13H16Cl2O/c1-7-4-8(2)12(9(3)5-7)11-6-10(14)13(15)16-11/h4-5,10-11,13H,6H2,1-3H3/t10-,11+,13+/m0/s1. The fraction of sp³-hybridized carbons (Fsp3) is 0.538. The Morgan fingerprint density at radius 3 is 2.12 bits per heavy atom. The van der Waals surface area contributed by atoms with Crippen LogP contribution >= 0.6 is 23.2 Å². The predicted molar refractivity (Wildman–Crippen MR) is 68.4 cm³/mol. The molecule has 3 heteroatoms. The van der Waals surface area contributed by atoms with Crippen LogP contribution in [-0.2, 0) is 4.74 Å². The second-order valence-corrected chi connectivity index (χ2v) is 5.53. The molecule has 1 nitrogen and oxygen atoms in total. The molecule has 1 heterocycles. The summed E-state index contributed by atoms with van der Waals surface area (Å²) in [6.45, 7) is 6.33. The van der Waals surface area contributed by atoms with E-state index in [4.69, 9.17) is 27.9 Å². The van der Waals surface area contributed by atoms with Crippen LogP contribution in [-0.4, -0.2) is 10.9 Å². The van der Waals surface area contributed by atoms with Crippen molar-refractivity contribution < 1.29 is 4.74 Å². The number of rotatable bonds is 1. The van der Waals surface area contributed by atoms with Gasteiger partial charge in [-0.3, -0.25) is 0 Å². The Labute approximate surface area is 107 Å². The maximum absolute atomic E-state index is 6.09. The Morgan fingerprint density at radius 1 is 1.12 bits per heavy atom. The summed E-state index contributed by atoms with van der Waals surface area (Å²) in [5, 5.41) is -0.0910. The molecular weight excluding hydrogens is 243 g/mol. The fourth-order valence-electron chi connectivity index (χ4n) is 2.49. The SMILES string of the molecule is Cc1cc(C)c([C@H]2C[C@H](Cl)[C@H](Cl)O2)c(C)c1. The molecule has 1 fully saturated rings. The number of benzene rings is 1. The second kappa shape index (κ2) is 4.56. The summed E-state index contributed by atoms with van der Waals surface area (Å²) in [5.41, 5.74) is 4.68. The van der Waals surface area contributed by atoms with Gasteiger partial charge in [0.15, 0.2) is 0 Å². The lowest BCUT2D eigenvalue weighted by Gasteiger charge is -2.17. The van der Waals surface area contributed by atoms with E-state index in [9.17, 15) is 0 Å². The van der Waals surface area contributed by atoms with Gasteiger partial charge in [0.2, 0.25) is 0 Å². The topological polar surface area (TPSA) is 9.23 Å². The summed E-state index contributed by atoms with van der Waals surface area (Å²) in [6, 6.07) is 4.35. The smallest absolute Gasteiger partial charge is 0.148 e. The number of halogens is 2. The number of hydrogen-bond acceptors (Lipinski definition) is 1. The minimum atomic E-state index is -0.369. The monoisotopic (exact) mass is 258 g/mol. The third-order valence-corrected chi connectivity index (χ3v) is 4.02. The maximum Gasteiger partial charge on any atom is 0.148 e. The summed E-state index contributed by atoms with van der Waals surface area (Å²) < 4.78 is 5.69. The van der Waals surface area contributed by atoms with Crippen LogP contribution in [0.2, 0.25) is 0 Å². The van der Waals surface area contributed by atoms with Crippen molar-refractivity contribution in [3.8, 4) is 0 Å². The van der Waals surface area contributed by atoms with Crippen LogP contribution in [0.1, 0.15) is 34.8 Å². The molecule has 0 amide bonds. The highest BCUT2D eigenvalue weighted by molar-refractivity contribution is 6.29. The predicted octanol–water partition coefficient (Wildman–Crippen LogP) is 4.25. The van der Waals surface area contributed by atoms with Gasteiger partial charge in [-0.1, -0.05) is 29.3 Å². The first-order valence-electron chi connectivity index (χ1n) is 5.50. The Balaban J connectivity index is 2.35. The van der Waals surface area contributed by atoms with E-state index in [0.29, 0.717) is 0 Å². The zero-order valence-electron chi connectivity index (χ0n) is 9.76. The highest BCUT2D eigenvalue weighted by Gasteiger charge is 2.34. The average molecular weight is 259 g/mol. The Hall–Kier alpha value is -0.240. The van der Waals surface area contributed by atoms with Crippen molar-refractivity contribution in [1.29, 1.82) is 0 Å². The molecule has 3 atom stereocenters. The molecule has 1 saturated heterocycles. The molecule has 0 aromatic heterocycles. The lowest BCUT2D eigenvalue weighted by Crippen LogP contribution is -2.06. The molecule has 16 heavy (non-hydrogen) atoms. The van der Waals surface area contributed by atoms with Gasteiger partial charge in [-0.15, -0.1) is 11.6 Å². The molecule has 0 N–H and O–H groups in total. The van der Waals surface area contributed by atoms with Crippen LogP contribution in [0.25, 0.3) is 0 Å². The normalized spacial score (nSPS) is 29.7. The molecule has 1 aromatic carbocycles. The maximum atomic E-state index is 6.09. The third kappa shape index (κ3) is 2.22. The molecule has 1 aliphatic rings. The van der Waals surface area contributed by atoms with Crippen LogP contribution in [0.3, 0.4) is 0 Å². The molecule has 0 unspecified atom stereocenters. The summed E-state index contributed by atoms with van der Waals surface area (Å²) in [7, 11) is 0. The van der Waals surface area contributed by atoms with Gasteiger partial charge in [-0.25, -0.2) is 0 Å². The number of aryl methyl sites for hydroxylation is 3. The molecule has 1 aromatic rings. The first kappa shape index (κ1) is 12.2. The van der Waals surface area contributed by atoms with Crippen LogP contribution < -0.4 is 0 Å². The highest BCUT2D eigenvalue weighted by atomic mass is 35.5. The summed E-state index contributed by atoms with van der Waals surface area (Å²) in [6.07, 6.45) is 0.839. The van der Waals surface area contributed by atoms with Crippen molar-refractivity contribution in [2.45, 2.75) is 44.2 Å².